The van der Waals surface area contributed by atoms with Crippen molar-refractivity contribution in [2.75, 3.05) is 40.7 Å². The van der Waals surface area contributed by atoms with E-state index in [0.29, 0.717) is 23.3 Å². The Balaban J connectivity index is 0.000000854. The van der Waals surface area contributed by atoms with Gasteiger partial charge in [0.05, 0.1) is 26.2 Å². The van der Waals surface area contributed by atoms with Crippen LogP contribution in [-0.4, -0.2) is 66.0 Å². The predicted molar refractivity (Wildman–Crippen MR) is 169 cm³/mol. The van der Waals surface area contributed by atoms with E-state index in [1.807, 2.05) is 55.8 Å². The number of nitrogens with zero attached hydrogens (tertiary/aromatic N) is 5. The highest BCUT2D eigenvalue weighted by molar-refractivity contribution is 7.22. The van der Waals surface area contributed by atoms with E-state index >= 15 is 0 Å². The Hall–Kier alpha value is -4.73. The summed E-state index contributed by atoms with van der Waals surface area (Å²) in [5.74, 6) is -1.15. The quantitative estimate of drug-likeness (QED) is 0.195. The lowest BCUT2D eigenvalue weighted by Crippen LogP contribution is -2.40. The lowest BCUT2D eigenvalue weighted by Gasteiger charge is -2.16. The zero-order valence-corrected chi connectivity index (χ0v) is 26.2. The summed E-state index contributed by atoms with van der Waals surface area (Å²) in [7, 11) is 8.37. The van der Waals surface area contributed by atoms with Crippen molar-refractivity contribution in [3.05, 3.63) is 86.1 Å². The number of aromatic nitrogens is 4. The highest BCUT2D eigenvalue weighted by Crippen LogP contribution is 2.39. The normalized spacial score (nSPS) is 12.9. The number of methoxy groups -OCH3 is 1. The van der Waals surface area contributed by atoms with Crippen LogP contribution >= 0.6 is 11.3 Å². The zero-order valence-electron chi connectivity index (χ0n) is 25.4. The van der Waals surface area contributed by atoms with Crippen LogP contribution in [-0.2, 0) is 22.7 Å². The van der Waals surface area contributed by atoms with Crippen molar-refractivity contribution >= 4 is 33.7 Å². The molecular formula is C30H33F2N7O5S. The average Bonchev–Trinajstić information content (AvgIpc) is 3.40. The van der Waals surface area contributed by atoms with Crippen LogP contribution in [0, 0.1) is 0 Å². The van der Waals surface area contributed by atoms with Crippen LogP contribution in [0.3, 0.4) is 0 Å². The number of amides is 1. The number of thiophene rings is 1. The molecule has 1 aliphatic rings. The molecule has 0 fully saturated rings. The van der Waals surface area contributed by atoms with Crippen LogP contribution in [0.2, 0.25) is 0 Å². The van der Waals surface area contributed by atoms with Crippen LogP contribution in [0.5, 0.6) is 5.88 Å². The standard InChI is InChI=1S/C28H28F2N6O3S.C2H5NO2/c1-31-17-10-8-16(9-11-17)25-19(14-34(2)3)24-26(37)36(22-12-13-23(39-4)33-32-22)28(38)35(27(24)40-25)15-18-20(29)6-5-7-21(18)30;1-5-3-2-4/h6,8-13,31H,5,7,14-15H2,1-4H3;2H,1H3,(H,3,4). The van der Waals surface area contributed by atoms with Crippen molar-refractivity contribution < 1.29 is 23.1 Å². The molecule has 0 atom stereocenters. The number of allylic oxidation sites excluding steroid dienone is 4. The molecule has 12 nitrogen and oxygen atoms in total. The maximum atomic E-state index is 14.9. The molecule has 3 aromatic heterocycles. The molecule has 15 heteroatoms. The van der Waals surface area contributed by atoms with Crippen molar-refractivity contribution in [1.29, 1.82) is 0 Å². The molecule has 2 N–H and O–H groups in total. The number of carbonyl (C=O) groups excluding carboxylic acids is 1. The second-order valence-corrected chi connectivity index (χ2v) is 11.0. The number of ether oxygens (including phenoxy) is 1. The first-order chi connectivity index (χ1) is 21.6. The fourth-order valence-electron chi connectivity index (χ4n) is 4.74. The molecule has 0 saturated heterocycles. The van der Waals surface area contributed by atoms with Crippen molar-refractivity contribution in [3.8, 4) is 22.1 Å². The van der Waals surface area contributed by atoms with E-state index in [4.69, 9.17) is 9.53 Å². The molecule has 3 heterocycles. The number of carbonyl (C=O) groups is 1. The molecule has 0 spiro atoms. The first-order valence-electron chi connectivity index (χ1n) is 13.7. The average molecular weight is 642 g/mol. The Morgan fingerprint density at radius 3 is 2.36 bits per heavy atom. The van der Waals surface area contributed by atoms with Gasteiger partial charge in [-0.2, -0.15) is 0 Å². The first kappa shape index (κ1) is 33.2. The van der Waals surface area contributed by atoms with Gasteiger partial charge in [0.25, 0.3) is 5.56 Å². The highest BCUT2D eigenvalue weighted by atomic mass is 32.1. The van der Waals surface area contributed by atoms with Crippen molar-refractivity contribution in [2.24, 2.45) is 0 Å². The van der Waals surface area contributed by atoms with E-state index in [9.17, 15) is 18.4 Å². The van der Waals surface area contributed by atoms with Crippen LogP contribution in [0.25, 0.3) is 26.5 Å². The number of benzene rings is 1. The van der Waals surface area contributed by atoms with Gasteiger partial charge in [0.2, 0.25) is 12.3 Å². The molecule has 1 aromatic carbocycles. The van der Waals surface area contributed by atoms with Crippen LogP contribution in [0.4, 0.5) is 14.5 Å². The van der Waals surface area contributed by atoms with Gasteiger partial charge in [0.15, 0.2) is 5.82 Å². The summed E-state index contributed by atoms with van der Waals surface area (Å²) >= 11 is 1.25. The first-order valence-corrected chi connectivity index (χ1v) is 14.5. The summed E-state index contributed by atoms with van der Waals surface area (Å²) in [5.41, 5.74) is 2.83. The largest absolute Gasteiger partial charge is 0.480 e. The molecule has 5 rings (SSSR count). The summed E-state index contributed by atoms with van der Waals surface area (Å²) in [6.07, 6.45) is 2.06. The minimum Gasteiger partial charge on any atom is -0.480 e. The zero-order chi connectivity index (χ0) is 32.7. The second kappa shape index (κ2) is 14.8. The van der Waals surface area contributed by atoms with Gasteiger partial charge in [-0.15, -0.1) is 21.5 Å². The third-order valence-electron chi connectivity index (χ3n) is 6.83. The predicted octanol–water partition coefficient (Wildman–Crippen LogP) is 3.95. The molecule has 1 amide bonds. The molecule has 0 aliphatic heterocycles. The van der Waals surface area contributed by atoms with Gasteiger partial charge in [-0.1, -0.05) is 12.1 Å². The van der Waals surface area contributed by atoms with Gasteiger partial charge >= 0.3 is 5.69 Å². The summed E-state index contributed by atoms with van der Waals surface area (Å²) in [4.78, 5) is 44.3. The van der Waals surface area contributed by atoms with Gasteiger partial charge in [-0.05, 0) is 55.9 Å². The van der Waals surface area contributed by atoms with Crippen molar-refractivity contribution in [3.63, 3.8) is 0 Å². The lowest BCUT2D eigenvalue weighted by molar-refractivity contribution is -0.118. The third-order valence-corrected chi connectivity index (χ3v) is 8.14. The van der Waals surface area contributed by atoms with Gasteiger partial charge in [-0.3, -0.25) is 19.0 Å². The number of hydrogen-bond acceptors (Lipinski definition) is 10. The minimum atomic E-state index is -0.773. The van der Waals surface area contributed by atoms with Gasteiger partial charge in [0, 0.05) is 42.2 Å². The number of hydrogen-bond donors (Lipinski definition) is 2. The monoisotopic (exact) mass is 641 g/mol. The lowest BCUT2D eigenvalue weighted by atomic mass is 10.0. The number of halogens is 2. The summed E-state index contributed by atoms with van der Waals surface area (Å²) in [5, 5.41) is 11.3. The fraction of sp³-hybridized carbons (Fsp3) is 0.300. The Bertz CT molecular complexity index is 1850. The third kappa shape index (κ3) is 7.16. The number of rotatable bonds is 10. The summed E-state index contributed by atoms with van der Waals surface area (Å²) < 4.78 is 36.9. The molecule has 0 bridgehead atoms. The van der Waals surface area contributed by atoms with E-state index in [-0.39, 0.29) is 42.0 Å². The number of nitrogens with one attached hydrogen (secondary N) is 2. The topological polar surface area (TPSA) is 133 Å². The maximum absolute atomic E-state index is 14.9. The number of hydroxylamine groups is 1. The minimum absolute atomic E-state index is 0.0255. The van der Waals surface area contributed by atoms with Crippen LogP contribution < -0.4 is 26.8 Å². The van der Waals surface area contributed by atoms with Crippen LogP contribution in [0.15, 0.2) is 69.3 Å². The Kier molecular flexibility index (Phi) is 10.9. The number of fused-ring (bicyclic) bond motifs is 1. The fourth-order valence-corrected chi connectivity index (χ4v) is 6.04. The highest BCUT2D eigenvalue weighted by Gasteiger charge is 2.26. The van der Waals surface area contributed by atoms with Gasteiger partial charge in [0.1, 0.15) is 16.5 Å². The SMILES string of the molecule is CNc1ccc(-c2sc3c(c2CN(C)C)c(=O)n(-c2ccc(OC)nn2)c(=O)n3CC2=C(F)CCC=C2F)cc1.CONC=O. The number of anilines is 1. The Morgan fingerprint density at radius 2 is 1.82 bits per heavy atom. The second-order valence-electron chi connectivity index (χ2n) is 10.0. The Labute approximate surface area is 261 Å². The van der Waals surface area contributed by atoms with Crippen molar-refractivity contribution in [1.82, 2.24) is 29.7 Å². The van der Waals surface area contributed by atoms with Gasteiger partial charge in [-0.25, -0.2) is 23.6 Å². The van der Waals surface area contributed by atoms with E-state index < -0.39 is 22.9 Å². The molecular weight excluding hydrogens is 608 g/mol. The molecule has 238 valence electrons. The van der Waals surface area contributed by atoms with Gasteiger partial charge < -0.3 is 15.0 Å². The van der Waals surface area contributed by atoms with E-state index in [2.05, 4.69) is 20.4 Å². The molecule has 4 aromatic rings. The molecule has 0 unspecified atom stereocenters. The summed E-state index contributed by atoms with van der Waals surface area (Å²) in [6.45, 7) is 0.00355. The summed E-state index contributed by atoms with van der Waals surface area (Å²) in [6, 6.07) is 10.6. The molecule has 45 heavy (non-hydrogen) atoms. The Morgan fingerprint density at radius 1 is 1.09 bits per heavy atom. The van der Waals surface area contributed by atoms with E-state index in [1.165, 1.54) is 48.3 Å². The van der Waals surface area contributed by atoms with Crippen LogP contribution in [0.1, 0.15) is 18.4 Å². The maximum Gasteiger partial charge on any atom is 0.338 e. The molecule has 1 aliphatic carbocycles. The smallest absolute Gasteiger partial charge is 0.338 e. The molecule has 0 saturated carbocycles. The molecule has 0 radical (unpaired) electrons. The van der Waals surface area contributed by atoms with E-state index in [1.54, 1.807) is 0 Å². The van der Waals surface area contributed by atoms with Crippen molar-refractivity contribution in [2.45, 2.75) is 25.9 Å². The van der Waals surface area contributed by atoms with E-state index in [0.717, 1.165) is 20.7 Å².